The number of nitrogens with zero attached hydrogens (tertiary/aromatic N) is 4. The number of rotatable bonds is 36. The van der Waals surface area contributed by atoms with E-state index >= 15 is 0 Å². The Morgan fingerprint density at radius 2 is 0.678 bits per heavy atom. The molecule has 0 radical (unpaired) electrons. The Morgan fingerprint density at radius 3 is 1.02 bits per heavy atom. The van der Waals surface area contributed by atoms with Crippen molar-refractivity contribution in [1.82, 2.24) is 0 Å². The van der Waals surface area contributed by atoms with E-state index in [0.717, 1.165) is 130 Å². The summed E-state index contributed by atoms with van der Waals surface area (Å²) in [5.74, 6) is 1.25. The number of carbonyl (C=O) groups excluding carboxylic acids is 2. The summed E-state index contributed by atoms with van der Waals surface area (Å²) in [7, 11) is 0. The van der Waals surface area contributed by atoms with Gasteiger partial charge in [0.05, 0.1) is 49.2 Å². The monoisotopic (exact) mass is 1210 g/mol. The van der Waals surface area contributed by atoms with Gasteiger partial charge in [0, 0.05) is 57.2 Å². The standard InChI is InChI=1S/2C39H47N3O3/c2*1-29(2)39(43)45-26-14-10-8-6-5-7-9-13-25-44-33-20-18-32(19-21-33)28-40-37-23-24-38(35-16-12-11-15-34(35)37)42-41-36-22-17-30(3)27-31(36)4/h2*11-12,15-24,27,40H,1,5-10,13-14,25-26,28H2,2-4H3. The van der Waals surface area contributed by atoms with Crippen LogP contribution in [0.5, 0.6) is 11.5 Å². The predicted molar refractivity (Wildman–Crippen MR) is 372 cm³/mol. The summed E-state index contributed by atoms with van der Waals surface area (Å²) < 4.78 is 22.2. The van der Waals surface area contributed by atoms with E-state index in [1.807, 2.05) is 36.4 Å². The molecule has 0 saturated carbocycles. The molecule has 0 bridgehead atoms. The predicted octanol–water partition coefficient (Wildman–Crippen LogP) is 22.2. The Morgan fingerprint density at radius 1 is 0.367 bits per heavy atom. The third kappa shape index (κ3) is 23.6. The molecule has 0 aliphatic carbocycles. The van der Waals surface area contributed by atoms with Gasteiger partial charge >= 0.3 is 11.9 Å². The molecule has 8 aromatic carbocycles. The van der Waals surface area contributed by atoms with Gasteiger partial charge in [-0.05, 0) is 150 Å². The van der Waals surface area contributed by atoms with Crippen molar-refractivity contribution >= 4 is 67.6 Å². The molecule has 0 aliphatic heterocycles. The minimum absolute atomic E-state index is 0.286. The number of unbranched alkanes of at least 4 members (excludes halogenated alkanes) is 14. The van der Waals surface area contributed by atoms with Crippen LogP contribution in [0.3, 0.4) is 0 Å². The number of nitrogens with one attached hydrogen (secondary N) is 2. The van der Waals surface area contributed by atoms with Crippen molar-refractivity contribution in [3.63, 3.8) is 0 Å². The summed E-state index contributed by atoms with van der Waals surface area (Å²) in [6.07, 6.45) is 18.3. The summed E-state index contributed by atoms with van der Waals surface area (Å²) in [4.78, 5) is 22.7. The SMILES string of the molecule is C=C(C)C(=O)OCCCCCCCCCCOc1ccc(CNc2ccc(N=Nc3ccc(C)cc3C)c3ccccc23)cc1.C=C(C)C(=O)OCCCCCCCCCCOc1ccc(CNc2ccc(N=Nc3ccc(C)cc3C)c3ccccc23)cc1. The fourth-order valence-corrected chi connectivity index (χ4v) is 10.4. The van der Waals surface area contributed by atoms with Crippen LogP contribution in [0.15, 0.2) is 202 Å². The van der Waals surface area contributed by atoms with Crippen LogP contribution in [0, 0.1) is 27.7 Å². The van der Waals surface area contributed by atoms with Crippen molar-refractivity contribution in [1.29, 1.82) is 0 Å². The Kier molecular flexibility index (Phi) is 28.8. The minimum Gasteiger partial charge on any atom is -0.494 e. The molecule has 0 heterocycles. The van der Waals surface area contributed by atoms with Gasteiger partial charge in [0.2, 0.25) is 0 Å². The van der Waals surface area contributed by atoms with Crippen LogP contribution in [-0.2, 0) is 32.2 Å². The lowest BCUT2D eigenvalue weighted by Crippen LogP contribution is -2.05. The van der Waals surface area contributed by atoms with Gasteiger partial charge in [-0.2, -0.15) is 10.2 Å². The number of aryl methyl sites for hydroxylation is 4. The van der Waals surface area contributed by atoms with Gasteiger partial charge in [0.15, 0.2) is 0 Å². The smallest absolute Gasteiger partial charge is 0.333 e. The highest BCUT2D eigenvalue weighted by Crippen LogP contribution is 2.36. The molecular weight excluding hydrogens is 1120 g/mol. The molecule has 0 unspecified atom stereocenters. The molecule has 0 aliphatic rings. The van der Waals surface area contributed by atoms with E-state index in [1.54, 1.807) is 13.8 Å². The van der Waals surface area contributed by atoms with E-state index < -0.39 is 0 Å². The van der Waals surface area contributed by atoms with Gasteiger partial charge in [-0.1, -0.05) is 198 Å². The first-order valence-corrected chi connectivity index (χ1v) is 32.4. The number of carbonyl (C=O) groups is 2. The molecular formula is C78H94N6O6. The Bertz CT molecular complexity index is 3390. The zero-order valence-electron chi connectivity index (χ0n) is 54.2. The van der Waals surface area contributed by atoms with Crippen molar-refractivity contribution in [2.24, 2.45) is 20.5 Å². The lowest BCUT2D eigenvalue weighted by atomic mass is 10.1. The third-order valence-electron chi connectivity index (χ3n) is 15.6. The van der Waals surface area contributed by atoms with Crippen molar-refractivity contribution < 1.29 is 28.5 Å². The fraction of sp³-hybridized carbons (Fsp3) is 0.359. The Balaban J connectivity index is 0.000000256. The minimum atomic E-state index is -0.286. The van der Waals surface area contributed by atoms with E-state index in [0.29, 0.717) is 37.4 Å². The largest absolute Gasteiger partial charge is 0.494 e. The maximum atomic E-state index is 11.3. The molecule has 0 amide bonds. The summed E-state index contributed by atoms with van der Waals surface area (Å²) in [5, 5.41) is 29.9. The normalized spacial score (nSPS) is 11.2. The average molecular weight is 1210 g/mol. The van der Waals surface area contributed by atoms with Crippen molar-refractivity contribution in [2.45, 2.75) is 157 Å². The number of hydrogen-bond acceptors (Lipinski definition) is 12. The van der Waals surface area contributed by atoms with Gasteiger partial charge in [-0.15, -0.1) is 10.2 Å². The molecule has 90 heavy (non-hydrogen) atoms. The fourth-order valence-electron chi connectivity index (χ4n) is 10.4. The highest BCUT2D eigenvalue weighted by molar-refractivity contribution is 6.01. The molecule has 0 atom stereocenters. The molecule has 8 rings (SSSR count). The molecule has 2 N–H and O–H groups in total. The van der Waals surface area contributed by atoms with Crippen LogP contribution in [0.25, 0.3) is 21.5 Å². The highest BCUT2D eigenvalue weighted by atomic mass is 16.5. The number of benzene rings is 8. The molecule has 8 aromatic rings. The Hall–Kier alpha value is -8.90. The lowest BCUT2D eigenvalue weighted by molar-refractivity contribution is -0.139. The van der Waals surface area contributed by atoms with E-state index in [9.17, 15) is 9.59 Å². The van der Waals surface area contributed by atoms with Crippen LogP contribution in [0.2, 0.25) is 0 Å². The summed E-state index contributed by atoms with van der Waals surface area (Å²) in [6.45, 7) is 22.7. The van der Waals surface area contributed by atoms with Gasteiger partial charge in [0.1, 0.15) is 11.5 Å². The van der Waals surface area contributed by atoms with Crippen molar-refractivity contribution in [3.05, 3.63) is 215 Å². The molecule has 12 nitrogen and oxygen atoms in total. The number of ether oxygens (including phenoxy) is 4. The van der Waals surface area contributed by atoms with Gasteiger partial charge < -0.3 is 29.6 Å². The van der Waals surface area contributed by atoms with Gasteiger partial charge in [-0.25, -0.2) is 9.59 Å². The van der Waals surface area contributed by atoms with Crippen LogP contribution in [0.4, 0.5) is 34.1 Å². The molecule has 0 aromatic heterocycles. The summed E-state index contributed by atoms with van der Waals surface area (Å²) in [5.41, 5.74) is 13.6. The number of hydrogen-bond donors (Lipinski definition) is 2. The lowest BCUT2D eigenvalue weighted by Gasteiger charge is -2.12. The average Bonchev–Trinajstić information content (AvgIpc) is 0.914. The molecule has 0 saturated heterocycles. The van der Waals surface area contributed by atoms with Crippen LogP contribution in [-0.4, -0.2) is 38.4 Å². The van der Waals surface area contributed by atoms with Crippen molar-refractivity contribution in [2.75, 3.05) is 37.1 Å². The molecule has 0 fully saturated rings. The van der Waals surface area contributed by atoms with E-state index in [1.165, 1.54) is 86.5 Å². The van der Waals surface area contributed by atoms with Gasteiger partial charge in [-0.3, -0.25) is 0 Å². The highest BCUT2D eigenvalue weighted by Gasteiger charge is 2.10. The first-order valence-electron chi connectivity index (χ1n) is 32.4. The number of fused-ring (bicyclic) bond motifs is 2. The first-order chi connectivity index (χ1) is 43.8. The summed E-state index contributed by atoms with van der Waals surface area (Å²) in [6, 6.07) is 54.0. The maximum absolute atomic E-state index is 11.3. The van der Waals surface area contributed by atoms with E-state index in [-0.39, 0.29) is 11.9 Å². The van der Waals surface area contributed by atoms with E-state index in [2.05, 4.69) is 193 Å². The number of esters is 2. The second-order valence-electron chi connectivity index (χ2n) is 23.5. The molecule has 472 valence electrons. The van der Waals surface area contributed by atoms with Crippen LogP contribution in [0.1, 0.15) is 150 Å². The topological polar surface area (TPSA) is 145 Å². The maximum Gasteiger partial charge on any atom is 0.333 e. The zero-order chi connectivity index (χ0) is 63.7. The molecule has 0 spiro atoms. The second-order valence-corrected chi connectivity index (χ2v) is 23.5. The number of anilines is 2. The zero-order valence-corrected chi connectivity index (χ0v) is 54.2. The van der Waals surface area contributed by atoms with Gasteiger partial charge in [0.25, 0.3) is 0 Å². The second kappa shape index (κ2) is 37.8. The van der Waals surface area contributed by atoms with Crippen LogP contribution >= 0.6 is 0 Å². The Labute approximate surface area is 535 Å². The van der Waals surface area contributed by atoms with E-state index in [4.69, 9.17) is 18.9 Å². The third-order valence-corrected chi connectivity index (χ3v) is 15.6. The van der Waals surface area contributed by atoms with Crippen LogP contribution < -0.4 is 20.1 Å². The summed E-state index contributed by atoms with van der Waals surface area (Å²) >= 11 is 0. The van der Waals surface area contributed by atoms with Crippen molar-refractivity contribution in [3.8, 4) is 11.5 Å². The number of azo groups is 2. The first kappa shape index (κ1) is 68.6. The quantitative estimate of drug-likeness (QED) is 0.0171. The molecule has 12 heteroatoms.